The van der Waals surface area contributed by atoms with Crippen molar-refractivity contribution in [3.8, 4) is 0 Å². The first-order chi connectivity index (χ1) is 8.19. The average molecular weight is 317 g/mol. The summed E-state index contributed by atoms with van der Waals surface area (Å²) in [4.78, 5) is 1.29. The van der Waals surface area contributed by atoms with E-state index < -0.39 is 0 Å². The highest BCUT2D eigenvalue weighted by molar-refractivity contribution is 9.11. The molecule has 1 saturated carbocycles. The molecule has 96 valence electrons. The molecule has 17 heavy (non-hydrogen) atoms. The molecule has 3 atom stereocenters. The summed E-state index contributed by atoms with van der Waals surface area (Å²) in [5.74, 6) is 1.37. The van der Waals surface area contributed by atoms with Gasteiger partial charge in [0.1, 0.15) is 0 Å². The van der Waals surface area contributed by atoms with Crippen LogP contribution in [0, 0.1) is 11.8 Å². The molecule has 0 aliphatic heterocycles. The summed E-state index contributed by atoms with van der Waals surface area (Å²) in [6.07, 6.45) is 7.06. The van der Waals surface area contributed by atoms with Gasteiger partial charge in [-0.1, -0.05) is 26.2 Å². The number of halogens is 1. The van der Waals surface area contributed by atoms with Crippen LogP contribution in [0.4, 0.5) is 0 Å². The maximum Gasteiger partial charge on any atom is 0.0701 e. The minimum absolute atomic E-state index is 0.144. The highest BCUT2D eigenvalue weighted by Crippen LogP contribution is 2.34. The second-order valence-electron chi connectivity index (χ2n) is 5.18. The van der Waals surface area contributed by atoms with Crippen molar-refractivity contribution >= 4 is 27.3 Å². The predicted molar refractivity (Wildman–Crippen MR) is 77.5 cm³/mol. The van der Waals surface area contributed by atoms with E-state index in [1.54, 1.807) is 11.3 Å². The Balaban J connectivity index is 1.88. The molecule has 1 aliphatic carbocycles. The van der Waals surface area contributed by atoms with Crippen molar-refractivity contribution in [2.75, 3.05) is 0 Å². The SMILES string of the molecule is CCC1CCCC(C(O)Cc2ccc(Br)s2)C1. The van der Waals surface area contributed by atoms with Gasteiger partial charge in [-0.2, -0.15) is 0 Å². The number of hydrogen-bond donors (Lipinski definition) is 1. The van der Waals surface area contributed by atoms with Crippen LogP contribution < -0.4 is 0 Å². The van der Waals surface area contributed by atoms with Gasteiger partial charge >= 0.3 is 0 Å². The van der Waals surface area contributed by atoms with Gasteiger partial charge in [0.25, 0.3) is 0 Å². The van der Waals surface area contributed by atoms with Crippen LogP contribution in [0.5, 0.6) is 0 Å². The van der Waals surface area contributed by atoms with Gasteiger partial charge < -0.3 is 5.11 Å². The molecule has 0 saturated heterocycles. The zero-order valence-electron chi connectivity index (χ0n) is 10.4. The molecule has 0 amide bonds. The summed E-state index contributed by atoms with van der Waals surface area (Å²) >= 11 is 5.22. The molecule has 3 heteroatoms. The molecule has 1 heterocycles. The Labute approximate surface area is 116 Å². The lowest BCUT2D eigenvalue weighted by Crippen LogP contribution is -2.28. The van der Waals surface area contributed by atoms with Crippen molar-refractivity contribution < 1.29 is 5.11 Å². The third kappa shape index (κ3) is 3.80. The van der Waals surface area contributed by atoms with E-state index in [9.17, 15) is 5.11 Å². The first-order valence-electron chi connectivity index (χ1n) is 6.61. The average Bonchev–Trinajstić information content (AvgIpc) is 2.75. The van der Waals surface area contributed by atoms with Crippen molar-refractivity contribution in [3.63, 3.8) is 0 Å². The van der Waals surface area contributed by atoms with Gasteiger partial charge in [0.05, 0.1) is 9.89 Å². The lowest BCUT2D eigenvalue weighted by molar-refractivity contribution is 0.0691. The monoisotopic (exact) mass is 316 g/mol. The van der Waals surface area contributed by atoms with Crippen LogP contribution in [-0.4, -0.2) is 11.2 Å². The third-order valence-electron chi connectivity index (χ3n) is 3.98. The molecule has 0 aromatic carbocycles. The molecule has 2 rings (SSSR count). The fourth-order valence-corrected chi connectivity index (χ4v) is 4.42. The molecule has 0 spiro atoms. The Morgan fingerprint density at radius 2 is 2.29 bits per heavy atom. The predicted octanol–water partition coefficient (Wildman–Crippen LogP) is 4.63. The van der Waals surface area contributed by atoms with Gasteiger partial charge in [-0.05, 0) is 52.7 Å². The lowest BCUT2D eigenvalue weighted by atomic mass is 9.77. The van der Waals surface area contributed by atoms with Crippen LogP contribution in [-0.2, 0) is 6.42 Å². The van der Waals surface area contributed by atoms with Crippen LogP contribution in [0.2, 0.25) is 0 Å². The van der Waals surface area contributed by atoms with Crippen LogP contribution in [0.25, 0.3) is 0 Å². The number of rotatable bonds is 4. The molecular weight excluding hydrogens is 296 g/mol. The highest BCUT2D eigenvalue weighted by atomic mass is 79.9. The van der Waals surface area contributed by atoms with Crippen molar-refractivity contribution in [2.45, 2.75) is 51.6 Å². The van der Waals surface area contributed by atoms with Gasteiger partial charge in [0.2, 0.25) is 0 Å². The second kappa shape index (κ2) is 6.35. The van der Waals surface area contributed by atoms with Gasteiger partial charge in [-0.25, -0.2) is 0 Å². The molecule has 0 radical (unpaired) electrons. The minimum atomic E-state index is -0.144. The zero-order valence-corrected chi connectivity index (χ0v) is 12.8. The van der Waals surface area contributed by atoms with Crippen LogP contribution in [0.3, 0.4) is 0 Å². The number of aliphatic hydroxyl groups is 1. The smallest absolute Gasteiger partial charge is 0.0701 e. The molecular formula is C14H21BrOS. The molecule has 0 bridgehead atoms. The van der Waals surface area contributed by atoms with Crippen LogP contribution >= 0.6 is 27.3 Å². The van der Waals surface area contributed by atoms with Gasteiger partial charge in [-0.3, -0.25) is 0 Å². The first kappa shape index (κ1) is 13.6. The second-order valence-corrected chi connectivity index (χ2v) is 7.73. The number of thiophene rings is 1. The molecule has 1 nitrogen and oxygen atoms in total. The van der Waals surface area contributed by atoms with E-state index in [4.69, 9.17) is 0 Å². The van der Waals surface area contributed by atoms with Gasteiger partial charge in [0, 0.05) is 11.3 Å². The van der Waals surface area contributed by atoms with Gasteiger partial charge in [-0.15, -0.1) is 11.3 Å². The summed E-state index contributed by atoms with van der Waals surface area (Å²) in [6, 6.07) is 4.19. The van der Waals surface area contributed by atoms with Crippen molar-refractivity contribution in [1.29, 1.82) is 0 Å². The van der Waals surface area contributed by atoms with E-state index in [1.807, 2.05) is 0 Å². The zero-order chi connectivity index (χ0) is 12.3. The normalized spacial score (nSPS) is 27.0. The molecule has 1 fully saturated rings. The summed E-state index contributed by atoms with van der Waals surface area (Å²) in [5, 5.41) is 10.3. The Bertz CT molecular complexity index is 350. The van der Waals surface area contributed by atoms with E-state index in [0.29, 0.717) is 5.92 Å². The Morgan fingerprint density at radius 1 is 1.47 bits per heavy atom. The highest BCUT2D eigenvalue weighted by Gasteiger charge is 2.26. The number of aliphatic hydroxyl groups excluding tert-OH is 1. The maximum absolute atomic E-state index is 10.3. The molecule has 1 aromatic rings. The van der Waals surface area contributed by atoms with E-state index in [-0.39, 0.29) is 6.10 Å². The summed E-state index contributed by atoms with van der Waals surface area (Å²) < 4.78 is 1.16. The van der Waals surface area contributed by atoms with Crippen LogP contribution in [0.1, 0.15) is 43.9 Å². The lowest BCUT2D eigenvalue weighted by Gasteiger charge is -2.31. The summed E-state index contributed by atoms with van der Waals surface area (Å²) in [6.45, 7) is 2.27. The largest absolute Gasteiger partial charge is 0.392 e. The van der Waals surface area contributed by atoms with E-state index >= 15 is 0 Å². The first-order valence-corrected chi connectivity index (χ1v) is 8.22. The van der Waals surface area contributed by atoms with E-state index in [2.05, 4.69) is 35.0 Å². The molecule has 3 unspecified atom stereocenters. The van der Waals surface area contributed by atoms with E-state index in [0.717, 1.165) is 16.1 Å². The topological polar surface area (TPSA) is 20.2 Å². The fraction of sp³-hybridized carbons (Fsp3) is 0.714. The Morgan fingerprint density at radius 3 is 2.94 bits per heavy atom. The fourth-order valence-electron chi connectivity index (χ4n) is 2.89. The maximum atomic E-state index is 10.3. The van der Waals surface area contributed by atoms with Crippen LogP contribution in [0.15, 0.2) is 15.9 Å². The Hall–Kier alpha value is 0.140. The van der Waals surface area contributed by atoms with Crippen molar-refractivity contribution in [2.24, 2.45) is 11.8 Å². The number of hydrogen-bond acceptors (Lipinski definition) is 2. The van der Waals surface area contributed by atoms with Gasteiger partial charge in [0.15, 0.2) is 0 Å². The summed E-state index contributed by atoms with van der Waals surface area (Å²) in [7, 11) is 0. The third-order valence-corrected chi connectivity index (χ3v) is 5.63. The minimum Gasteiger partial charge on any atom is -0.392 e. The van der Waals surface area contributed by atoms with Crippen molar-refractivity contribution in [3.05, 3.63) is 20.8 Å². The Kier molecular flexibility index (Phi) is 5.07. The summed E-state index contributed by atoms with van der Waals surface area (Å²) in [5.41, 5.74) is 0. The standard InChI is InChI=1S/C14H21BrOS/c1-2-10-4-3-5-11(8-10)13(16)9-12-6-7-14(15)17-12/h6-7,10-11,13,16H,2-5,8-9H2,1H3. The molecule has 1 N–H and O–H groups in total. The quantitative estimate of drug-likeness (QED) is 0.858. The molecule has 1 aliphatic rings. The van der Waals surface area contributed by atoms with E-state index in [1.165, 1.54) is 37.0 Å². The molecule has 1 aromatic heterocycles. The van der Waals surface area contributed by atoms with Crippen molar-refractivity contribution in [1.82, 2.24) is 0 Å².